The highest BCUT2D eigenvalue weighted by Crippen LogP contribution is 2.46. The van der Waals surface area contributed by atoms with Crippen molar-refractivity contribution in [2.45, 2.75) is 28.5 Å². The lowest BCUT2D eigenvalue weighted by Gasteiger charge is -2.12. The van der Waals surface area contributed by atoms with Crippen LogP contribution in [0.5, 0.6) is 23.0 Å². The molecule has 0 radical (unpaired) electrons. The number of hydrogen-bond acceptors (Lipinski definition) is 20. The minimum atomic E-state index is -5.01. The largest absolute Gasteiger partial charge is 0.505 e. The van der Waals surface area contributed by atoms with Gasteiger partial charge >= 0.3 is 0 Å². The summed E-state index contributed by atoms with van der Waals surface area (Å²) in [7, 11) is -10.7. The molecule has 7 aromatic rings. The topological polar surface area (TPSA) is 365 Å². The standard InChI is InChI=1S/C46H40N10O14S3/c1-24-16-30(11-14-33(24)50-51-34-15-12-31(71(59,60)61)20-42(34)72(62,63)64)49-52-35-21-39(68-3)36(17-25(35)2)53-54-37-22-41(70-5)38(23-40(37)69-4)55-56-44-43(73(65,66)67)19-27-18-29(10-13-32(27)45(44)57)48-46(58)26-6-8-28(47)9-7-26/h6-23,57H,47H2,1-5H3,(H,48,58)(H,59,60,61)(H,62,63,64)(H,65,66,67). The van der Waals surface area contributed by atoms with Gasteiger partial charge in [0, 0.05) is 40.5 Å². The Labute approximate surface area is 415 Å². The SMILES string of the molecule is COc1cc(N=Nc2ccc(N=Nc3ccc(S(=O)(=O)O)cc3S(=O)(=O)O)c(C)c2)c(C)cc1N=Nc1cc(OC)c(N=Nc2c(S(=O)(=O)O)cc3cc(NC(=O)c4ccc(N)cc4)ccc3c2O)cc1OC. The van der Waals surface area contributed by atoms with Crippen molar-refractivity contribution in [3.63, 3.8) is 0 Å². The number of carbonyl (C=O) groups excluding carboxylic acids is 1. The van der Waals surface area contributed by atoms with E-state index in [2.05, 4.69) is 46.2 Å². The van der Waals surface area contributed by atoms with Crippen LogP contribution in [-0.2, 0) is 30.4 Å². The number of nitrogens with one attached hydrogen (secondary N) is 1. The van der Waals surface area contributed by atoms with Gasteiger partial charge in [0.15, 0.2) is 5.75 Å². The van der Waals surface area contributed by atoms with E-state index in [9.17, 15) is 48.8 Å². The summed E-state index contributed by atoms with van der Waals surface area (Å²) in [4.78, 5) is 10.4. The second kappa shape index (κ2) is 21.0. The Kier molecular flexibility index (Phi) is 15.0. The van der Waals surface area contributed by atoms with Gasteiger partial charge in [-0.25, -0.2) is 0 Å². The highest BCUT2D eigenvalue weighted by atomic mass is 32.2. The first-order chi connectivity index (χ1) is 34.5. The normalized spacial score (nSPS) is 12.4. The van der Waals surface area contributed by atoms with Gasteiger partial charge in [-0.3, -0.25) is 18.5 Å². The van der Waals surface area contributed by atoms with Crippen molar-refractivity contribution in [3.05, 3.63) is 126 Å². The molecule has 7 N–H and O–H groups in total. The van der Waals surface area contributed by atoms with Crippen molar-refractivity contribution in [1.82, 2.24) is 0 Å². The van der Waals surface area contributed by atoms with Gasteiger partial charge in [-0.2, -0.15) is 40.6 Å². The molecule has 73 heavy (non-hydrogen) atoms. The monoisotopic (exact) mass is 1050 g/mol. The van der Waals surface area contributed by atoms with Crippen LogP contribution in [0.2, 0.25) is 0 Å². The Balaban J connectivity index is 1.11. The van der Waals surface area contributed by atoms with Crippen molar-refractivity contribution in [2.24, 2.45) is 40.9 Å². The fourth-order valence-corrected chi connectivity index (χ4v) is 8.67. The van der Waals surface area contributed by atoms with E-state index in [0.29, 0.717) is 39.8 Å². The average Bonchev–Trinajstić information content (AvgIpc) is 3.33. The number of phenolic OH excluding ortho intramolecular Hbond substituents is 1. The molecule has 27 heteroatoms. The predicted molar refractivity (Wildman–Crippen MR) is 265 cm³/mol. The number of nitrogen functional groups attached to an aromatic ring is 1. The molecular formula is C46H40N10O14S3. The first-order valence-corrected chi connectivity index (χ1v) is 25.0. The van der Waals surface area contributed by atoms with Gasteiger partial charge in [-0.15, -0.1) is 25.6 Å². The summed E-state index contributed by atoms with van der Waals surface area (Å²) >= 11 is 0. The second-order valence-corrected chi connectivity index (χ2v) is 19.6. The number of nitrogens with two attached hydrogens (primary N) is 1. The smallest absolute Gasteiger partial charge is 0.296 e. The van der Waals surface area contributed by atoms with Gasteiger partial charge in [0.25, 0.3) is 36.3 Å². The van der Waals surface area contributed by atoms with Crippen molar-refractivity contribution >= 4 is 104 Å². The molecule has 0 heterocycles. The number of hydrogen-bond donors (Lipinski definition) is 6. The Morgan fingerprint density at radius 1 is 0.521 bits per heavy atom. The van der Waals surface area contributed by atoms with Gasteiger partial charge in [0.1, 0.15) is 55.5 Å². The molecule has 0 fully saturated rings. The first kappa shape index (κ1) is 52.2. The fraction of sp³-hybridized carbons (Fsp3) is 0.109. The van der Waals surface area contributed by atoms with Gasteiger partial charge in [0.05, 0.1) is 43.3 Å². The van der Waals surface area contributed by atoms with E-state index >= 15 is 0 Å². The third-order valence-electron chi connectivity index (χ3n) is 10.5. The molecule has 376 valence electrons. The van der Waals surface area contributed by atoms with E-state index in [1.165, 1.54) is 69.9 Å². The van der Waals surface area contributed by atoms with E-state index in [1.807, 2.05) is 0 Å². The van der Waals surface area contributed by atoms with E-state index in [1.54, 1.807) is 50.2 Å². The Bertz CT molecular complexity index is 3830. The quantitative estimate of drug-likeness (QED) is 0.0297. The Morgan fingerprint density at radius 3 is 1.62 bits per heavy atom. The number of ether oxygens (including phenoxy) is 3. The fourth-order valence-electron chi connectivity index (χ4n) is 6.78. The maximum atomic E-state index is 12.8. The lowest BCUT2D eigenvalue weighted by atomic mass is 10.1. The maximum Gasteiger partial charge on any atom is 0.296 e. The minimum Gasteiger partial charge on any atom is -0.505 e. The summed E-state index contributed by atoms with van der Waals surface area (Å²) < 4.78 is 118. The second-order valence-electron chi connectivity index (χ2n) is 15.4. The lowest BCUT2D eigenvalue weighted by molar-refractivity contribution is 0.102. The summed E-state index contributed by atoms with van der Waals surface area (Å²) in [5, 5.41) is 47.7. The maximum absolute atomic E-state index is 12.8. The van der Waals surface area contributed by atoms with Crippen LogP contribution in [0.25, 0.3) is 10.8 Å². The number of nitrogens with zero attached hydrogens (tertiary/aromatic N) is 8. The predicted octanol–water partition coefficient (Wildman–Crippen LogP) is 11.4. The molecule has 0 aromatic heterocycles. The van der Waals surface area contributed by atoms with Crippen molar-refractivity contribution in [1.29, 1.82) is 0 Å². The van der Waals surface area contributed by atoms with Crippen LogP contribution in [0.4, 0.5) is 56.9 Å². The molecule has 0 unspecified atom stereocenters. The molecule has 0 aliphatic carbocycles. The number of azo groups is 4. The minimum absolute atomic E-state index is 0.00205. The van der Waals surface area contributed by atoms with Gasteiger partial charge in [-0.1, -0.05) is 0 Å². The van der Waals surface area contributed by atoms with E-state index in [-0.39, 0.29) is 62.1 Å². The number of amides is 1. The van der Waals surface area contributed by atoms with E-state index in [0.717, 1.165) is 18.2 Å². The summed E-state index contributed by atoms with van der Waals surface area (Å²) in [5.74, 6) is -0.678. The third-order valence-corrected chi connectivity index (χ3v) is 13.1. The molecule has 0 aliphatic heterocycles. The molecule has 0 saturated carbocycles. The van der Waals surface area contributed by atoms with Crippen LogP contribution in [0.1, 0.15) is 21.5 Å². The molecular weight excluding hydrogens is 1010 g/mol. The number of fused-ring (bicyclic) bond motifs is 1. The van der Waals surface area contributed by atoms with E-state index < -0.39 is 62.4 Å². The highest BCUT2D eigenvalue weighted by Gasteiger charge is 2.24. The highest BCUT2D eigenvalue weighted by molar-refractivity contribution is 7.87. The van der Waals surface area contributed by atoms with Crippen LogP contribution >= 0.6 is 0 Å². The third kappa shape index (κ3) is 12.1. The molecule has 7 aromatic carbocycles. The number of methoxy groups -OCH3 is 3. The zero-order valence-corrected chi connectivity index (χ0v) is 41.1. The Hall–Kier alpha value is -8.60. The average molecular weight is 1050 g/mol. The zero-order valence-electron chi connectivity index (χ0n) is 38.6. The van der Waals surface area contributed by atoms with E-state index in [4.69, 9.17) is 19.9 Å². The number of phenols is 1. The van der Waals surface area contributed by atoms with Crippen molar-refractivity contribution < 1.29 is 63.0 Å². The molecule has 0 spiro atoms. The van der Waals surface area contributed by atoms with Crippen LogP contribution in [-0.4, -0.2) is 71.3 Å². The number of anilines is 2. The molecule has 0 bridgehead atoms. The number of rotatable bonds is 16. The number of aromatic hydroxyl groups is 1. The van der Waals surface area contributed by atoms with Gasteiger partial charge < -0.3 is 30.4 Å². The molecule has 7 rings (SSSR count). The van der Waals surface area contributed by atoms with Crippen molar-refractivity contribution in [2.75, 3.05) is 32.4 Å². The molecule has 0 aliphatic rings. The van der Waals surface area contributed by atoms with Crippen LogP contribution in [0, 0.1) is 13.8 Å². The number of carbonyl (C=O) groups is 1. The number of benzene rings is 7. The Morgan fingerprint density at radius 2 is 1.04 bits per heavy atom. The summed E-state index contributed by atoms with van der Waals surface area (Å²) in [6, 6.07) is 24.6. The molecule has 0 atom stereocenters. The summed E-state index contributed by atoms with van der Waals surface area (Å²) in [6.07, 6.45) is 0. The van der Waals surface area contributed by atoms with Crippen LogP contribution < -0.4 is 25.3 Å². The van der Waals surface area contributed by atoms with Crippen LogP contribution in [0.15, 0.2) is 165 Å². The molecule has 1 amide bonds. The summed E-state index contributed by atoms with van der Waals surface area (Å²) in [5.41, 5.74) is 8.39. The molecule has 24 nitrogen and oxygen atoms in total. The lowest BCUT2D eigenvalue weighted by Crippen LogP contribution is -2.11. The van der Waals surface area contributed by atoms with Crippen molar-refractivity contribution in [3.8, 4) is 23.0 Å². The molecule has 0 saturated heterocycles. The van der Waals surface area contributed by atoms with Crippen LogP contribution in [0.3, 0.4) is 0 Å². The summed E-state index contributed by atoms with van der Waals surface area (Å²) in [6.45, 7) is 3.41. The first-order valence-electron chi connectivity index (χ1n) is 20.7. The van der Waals surface area contributed by atoms with Gasteiger partial charge in [-0.05, 0) is 121 Å². The van der Waals surface area contributed by atoms with Gasteiger partial charge in [0.2, 0.25) is 0 Å². The number of aryl methyl sites for hydroxylation is 2. The zero-order chi connectivity index (χ0) is 53.0.